The summed E-state index contributed by atoms with van der Waals surface area (Å²) in [5.74, 6) is 0. The average molecular weight is 209 g/mol. The highest BCUT2D eigenvalue weighted by Crippen LogP contribution is 2.24. The summed E-state index contributed by atoms with van der Waals surface area (Å²) in [6.07, 6.45) is 3.46. The maximum absolute atomic E-state index is 8.92. The van der Waals surface area contributed by atoms with Gasteiger partial charge in [0.2, 0.25) is 0 Å². The van der Waals surface area contributed by atoms with E-state index in [1.54, 1.807) is 12.4 Å². The van der Waals surface area contributed by atoms with E-state index in [9.17, 15) is 0 Å². The molecule has 1 N–H and O–H groups in total. The highest BCUT2D eigenvalue weighted by atomic mass is 32.1. The SMILES string of the molecule is CCn1nccc1-c1ncc(CO)s1. The van der Waals surface area contributed by atoms with E-state index in [1.165, 1.54) is 11.3 Å². The molecule has 0 amide bonds. The molecule has 2 aromatic rings. The third-order valence-corrected chi connectivity index (χ3v) is 2.95. The van der Waals surface area contributed by atoms with Crippen LogP contribution in [0.1, 0.15) is 11.8 Å². The third kappa shape index (κ3) is 1.56. The van der Waals surface area contributed by atoms with Crippen molar-refractivity contribution >= 4 is 11.3 Å². The van der Waals surface area contributed by atoms with Gasteiger partial charge in [-0.15, -0.1) is 11.3 Å². The smallest absolute Gasteiger partial charge is 0.141 e. The minimum Gasteiger partial charge on any atom is -0.391 e. The Morgan fingerprint density at radius 3 is 3.07 bits per heavy atom. The van der Waals surface area contributed by atoms with Crippen molar-refractivity contribution in [1.82, 2.24) is 14.8 Å². The molecule has 0 aliphatic rings. The molecule has 74 valence electrons. The van der Waals surface area contributed by atoms with Gasteiger partial charge in [-0.25, -0.2) is 4.98 Å². The quantitative estimate of drug-likeness (QED) is 0.833. The average Bonchev–Trinajstić information content (AvgIpc) is 2.85. The maximum atomic E-state index is 8.92. The van der Waals surface area contributed by atoms with Gasteiger partial charge in [0.1, 0.15) is 5.01 Å². The predicted molar refractivity (Wildman–Crippen MR) is 54.9 cm³/mol. The Morgan fingerprint density at radius 2 is 2.43 bits per heavy atom. The van der Waals surface area contributed by atoms with Crippen LogP contribution in [0.2, 0.25) is 0 Å². The lowest BCUT2D eigenvalue weighted by molar-refractivity contribution is 0.285. The number of thiazole rings is 1. The fourth-order valence-electron chi connectivity index (χ4n) is 1.27. The first-order valence-electron chi connectivity index (χ1n) is 4.43. The van der Waals surface area contributed by atoms with Crippen LogP contribution in [0, 0.1) is 0 Å². The standard InChI is InChI=1S/C9H11N3OS/c1-2-12-8(3-4-11-12)9-10-5-7(6-13)14-9/h3-5,13H,2,6H2,1H3. The zero-order chi connectivity index (χ0) is 9.97. The van der Waals surface area contributed by atoms with Crippen molar-refractivity contribution in [1.29, 1.82) is 0 Å². The molecular weight excluding hydrogens is 198 g/mol. The summed E-state index contributed by atoms with van der Waals surface area (Å²) in [5.41, 5.74) is 1.01. The maximum Gasteiger partial charge on any atom is 0.141 e. The third-order valence-electron chi connectivity index (χ3n) is 1.94. The van der Waals surface area contributed by atoms with Gasteiger partial charge in [0.05, 0.1) is 17.2 Å². The van der Waals surface area contributed by atoms with Crippen LogP contribution in [0.4, 0.5) is 0 Å². The number of aryl methyl sites for hydroxylation is 1. The molecule has 2 aromatic heterocycles. The van der Waals surface area contributed by atoms with Gasteiger partial charge in [0, 0.05) is 18.9 Å². The second-order valence-electron chi connectivity index (χ2n) is 2.82. The first-order valence-corrected chi connectivity index (χ1v) is 5.24. The van der Waals surface area contributed by atoms with E-state index in [4.69, 9.17) is 5.11 Å². The van der Waals surface area contributed by atoms with Gasteiger partial charge in [0.25, 0.3) is 0 Å². The van der Waals surface area contributed by atoms with Crippen molar-refractivity contribution in [2.75, 3.05) is 0 Å². The van der Waals surface area contributed by atoms with E-state index >= 15 is 0 Å². The number of aliphatic hydroxyl groups excluding tert-OH is 1. The summed E-state index contributed by atoms with van der Waals surface area (Å²) in [6.45, 7) is 2.92. The molecule has 0 saturated heterocycles. The highest BCUT2D eigenvalue weighted by Gasteiger charge is 2.08. The molecule has 0 aliphatic carbocycles. The number of rotatable bonds is 3. The number of hydrogen-bond acceptors (Lipinski definition) is 4. The monoisotopic (exact) mass is 209 g/mol. The normalized spacial score (nSPS) is 10.7. The zero-order valence-corrected chi connectivity index (χ0v) is 8.66. The topological polar surface area (TPSA) is 50.9 Å². The van der Waals surface area contributed by atoms with Crippen molar-refractivity contribution in [3.63, 3.8) is 0 Å². The summed E-state index contributed by atoms with van der Waals surface area (Å²) in [5, 5.41) is 14.0. The Kier molecular flexibility index (Phi) is 2.60. The molecule has 4 nitrogen and oxygen atoms in total. The van der Waals surface area contributed by atoms with E-state index in [2.05, 4.69) is 10.1 Å². The Hall–Kier alpha value is -1.20. The molecule has 5 heteroatoms. The fourth-order valence-corrected chi connectivity index (χ4v) is 2.07. The number of hydrogen-bond donors (Lipinski definition) is 1. The molecule has 2 heterocycles. The molecule has 0 aromatic carbocycles. The van der Waals surface area contributed by atoms with Gasteiger partial charge in [-0.3, -0.25) is 4.68 Å². The molecular formula is C9H11N3OS. The van der Waals surface area contributed by atoms with Crippen molar-refractivity contribution in [2.24, 2.45) is 0 Å². The summed E-state index contributed by atoms with van der Waals surface area (Å²) in [6, 6.07) is 1.93. The van der Waals surface area contributed by atoms with Crippen LogP contribution in [-0.4, -0.2) is 19.9 Å². The zero-order valence-electron chi connectivity index (χ0n) is 7.84. The van der Waals surface area contributed by atoms with E-state index in [0.717, 1.165) is 22.1 Å². The molecule has 0 saturated carbocycles. The summed E-state index contributed by atoms with van der Waals surface area (Å²) in [7, 11) is 0. The lowest BCUT2D eigenvalue weighted by Gasteiger charge is -1.99. The van der Waals surface area contributed by atoms with Crippen LogP contribution in [0.3, 0.4) is 0 Å². The summed E-state index contributed by atoms with van der Waals surface area (Å²) < 4.78 is 1.89. The van der Waals surface area contributed by atoms with Crippen LogP contribution < -0.4 is 0 Å². The first-order chi connectivity index (χ1) is 6.85. The van der Waals surface area contributed by atoms with Crippen LogP contribution in [0.25, 0.3) is 10.7 Å². The molecule has 2 rings (SSSR count). The molecule has 0 atom stereocenters. The van der Waals surface area contributed by atoms with Gasteiger partial charge in [-0.2, -0.15) is 5.10 Å². The second kappa shape index (κ2) is 3.89. The minimum atomic E-state index is 0.0535. The van der Waals surface area contributed by atoms with Crippen LogP contribution in [-0.2, 0) is 13.2 Å². The molecule has 0 unspecified atom stereocenters. The Balaban J connectivity index is 2.38. The number of nitrogens with zero attached hydrogens (tertiary/aromatic N) is 3. The van der Waals surface area contributed by atoms with E-state index in [1.807, 2.05) is 17.7 Å². The van der Waals surface area contributed by atoms with Gasteiger partial charge >= 0.3 is 0 Å². The lowest BCUT2D eigenvalue weighted by atomic mass is 10.4. The van der Waals surface area contributed by atoms with Crippen LogP contribution in [0.5, 0.6) is 0 Å². The van der Waals surface area contributed by atoms with Gasteiger partial charge in [-0.1, -0.05) is 0 Å². The molecule has 0 fully saturated rings. The Bertz CT molecular complexity index is 421. The fraction of sp³-hybridized carbons (Fsp3) is 0.333. The highest BCUT2D eigenvalue weighted by molar-refractivity contribution is 7.14. The number of aromatic nitrogens is 3. The Morgan fingerprint density at radius 1 is 1.57 bits per heavy atom. The van der Waals surface area contributed by atoms with Crippen LogP contribution >= 0.6 is 11.3 Å². The van der Waals surface area contributed by atoms with Crippen molar-refractivity contribution in [3.8, 4) is 10.7 Å². The van der Waals surface area contributed by atoms with E-state index in [0.29, 0.717) is 0 Å². The van der Waals surface area contributed by atoms with Gasteiger partial charge < -0.3 is 5.11 Å². The van der Waals surface area contributed by atoms with E-state index < -0.39 is 0 Å². The van der Waals surface area contributed by atoms with Crippen molar-refractivity contribution in [3.05, 3.63) is 23.3 Å². The van der Waals surface area contributed by atoms with E-state index in [-0.39, 0.29) is 6.61 Å². The Labute approximate surface area is 85.8 Å². The second-order valence-corrected chi connectivity index (χ2v) is 3.94. The lowest BCUT2D eigenvalue weighted by Crippen LogP contribution is -1.97. The molecule has 0 spiro atoms. The van der Waals surface area contributed by atoms with Gasteiger partial charge in [0.15, 0.2) is 0 Å². The first kappa shape index (κ1) is 9.36. The minimum absolute atomic E-state index is 0.0535. The predicted octanol–water partition coefficient (Wildman–Crippen LogP) is 1.52. The molecule has 0 radical (unpaired) electrons. The molecule has 14 heavy (non-hydrogen) atoms. The number of aliphatic hydroxyl groups is 1. The summed E-state index contributed by atoms with van der Waals surface area (Å²) >= 11 is 1.50. The summed E-state index contributed by atoms with van der Waals surface area (Å²) in [4.78, 5) is 5.11. The molecule has 0 aliphatic heterocycles. The van der Waals surface area contributed by atoms with Crippen molar-refractivity contribution in [2.45, 2.75) is 20.1 Å². The van der Waals surface area contributed by atoms with Gasteiger partial charge in [-0.05, 0) is 13.0 Å². The van der Waals surface area contributed by atoms with Crippen molar-refractivity contribution < 1.29 is 5.11 Å². The molecule has 0 bridgehead atoms. The largest absolute Gasteiger partial charge is 0.391 e. The van der Waals surface area contributed by atoms with Crippen LogP contribution in [0.15, 0.2) is 18.5 Å².